The fraction of sp³-hybridized carbons (Fsp3) is 0.889. The first-order chi connectivity index (χ1) is 5.70. The van der Waals surface area contributed by atoms with Gasteiger partial charge in [0.1, 0.15) is 6.09 Å². The number of carbonyl (C=O) groups is 1. The van der Waals surface area contributed by atoms with Gasteiger partial charge in [0.15, 0.2) is 0 Å². The summed E-state index contributed by atoms with van der Waals surface area (Å²) < 4.78 is 0. The molecule has 0 aromatic heterocycles. The average Bonchev–Trinajstić information content (AvgIpc) is 2.05. The van der Waals surface area contributed by atoms with E-state index in [0.29, 0.717) is 12.5 Å². The van der Waals surface area contributed by atoms with Crippen LogP contribution in [0.1, 0.15) is 39.5 Å². The molecule has 3 nitrogen and oxygen atoms in total. The number of nitrogens with one attached hydrogen (secondary N) is 1. The molecule has 1 atom stereocenters. The number of carbonyl (C=O) groups excluding carboxylic acids is 1. The van der Waals surface area contributed by atoms with Gasteiger partial charge in [-0.15, -0.1) is 0 Å². The summed E-state index contributed by atoms with van der Waals surface area (Å²) in [6.07, 6.45) is 3.31. The standard InChI is InChI=1S/C9H19NO2.Ag/c1-3-5-6-8(4-2)7-10-9(11)12;/h8,10H,3-7H2,1-2H3,(H,11,12);/q;+1/p-1. The Morgan fingerprint density at radius 3 is 2.46 bits per heavy atom. The minimum atomic E-state index is -1.16. The zero-order valence-corrected chi connectivity index (χ0v) is 9.71. The van der Waals surface area contributed by atoms with Crippen LogP contribution in [-0.2, 0) is 22.4 Å². The van der Waals surface area contributed by atoms with E-state index in [1.807, 2.05) is 0 Å². The molecule has 0 radical (unpaired) electrons. The van der Waals surface area contributed by atoms with Gasteiger partial charge in [-0.1, -0.05) is 33.1 Å². The van der Waals surface area contributed by atoms with E-state index in [2.05, 4.69) is 19.2 Å². The van der Waals surface area contributed by atoms with Crippen molar-refractivity contribution in [1.82, 2.24) is 5.32 Å². The van der Waals surface area contributed by atoms with Gasteiger partial charge in [-0.25, -0.2) is 0 Å². The Hall–Kier alpha value is 0.0103. The Labute approximate surface area is 95.8 Å². The van der Waals surface area contributed by atoms with E-state index in [9.17, 15) is 9.90 Å². The molecule has 1 N–H and O–H groups in total. The summed E-state index contributed by atoms with van der Waals surface area (Å²) in [6.45, 7) is 4.76. The molecule has 1 amide bonds. The second-order valence-corrected chi connectivity index (χ2v) is 3.08. The van der Waals surface area contributed by atoms with Gasteiger partial charge in [0.2, 0.25) is 0 Å². The number of hydrogen-bond donors (Lipinski definition) is 1. The first-order valence-corrected chi connectivity index (χ1v) is 4.65. The molecule has 0 rings (SSSR count). The number of amides is 1. The molecule has 82 valence electrons. The molecule has 0 saturated heterocycles. The van der Waals surface area contributed by atoms with E-state index in [4.69, 9.17) is 0 Å². The monoisotopic (exact) mass is 279 g/mol. The minimum Gasteiger partial charge on any atom is -0.530 e. The molecule has 0 aliphatic rings. The second kappa shape index (κ2) is 10.1. The number of hydrogen-bond acceptors (Lipinski definition) is 2. The van der Waals surface area contributed by atoms with E-state index >= 15 is 0 Å². The minimum absolute atomic E-state index is 0. The third-order valence-corrected chi connectivity index (χ3v) is 2.08. The largest absolute Gasteiger partial charge is 1.00 e. The Bertz CT molecular complexity index is 131. The van der Waals surface area contributed by atoms with Crippen molar-refractivity contribution in [1.29, 1.82) is 0 Å². The summed E-state index contributed by atoms with van der Waals surface area (Å²) in [5, 5.41) is 12.4. The molecule has 0 bridgehead atoms. The second-order valence-electron chi connectivity index (χ2n) is 3.08. The first kappa shape index (κ1) is 15.5. The van der Waals surface area contributed by atoms with Crippen LogP contribution in [0.5, 0.6) is 0 Å². The van der Waals surface area contributed by atoms with Gasteiger partial charge in [0.25, 0.3) is 0 Å². The summed E-state index contributed by atoms with van der Waals surface area (Å²) in [6, 6.07) is 0. The first-order valence-electron chi connectivity index (χ1n) is 4.65. The predicted molar refractivity (Wildman–Crippen MR) is 46.7 cm³/mol. The molecule has 0 heterocycles. The molecular formula is C9H18AgNO2. The Morgan fingerprint density at radius 1 is 1.46 bits per heavy atom. The van der Waals surface area contributed by atoms with E-state index in [-0.39, 0.29) is 22.4 Å². The predicted octanol–water partition coefficient (Wildman–Crippen LogP) is 1.13. The molecule has 4 heteroatoms. The average molecular weight is 280 g/mol. The molecule has 0 spiro atoms. The summed E-state index contributed by atoms with van der Waals surface area (Å²) in [5.74, 6) is 0.475. The summed E-state index contributed by atoms with van der Waals surface area (Å²) >= 11 is 0. The normalized spacial score (nSPS) is 11.5. The van der Waals surface area contributed by atoms with Crippen molar-refractivity contribution in [3.05, 3.63) is 0 Å². The van der Waals surface area contributed by atoms with Crippen molar-refractivity contribution in [2.24, 2.45) is 5.92 Å². The number of rotatable bonds is 6. The fourth-order valence-corrected chi connectivity index (χ4v) is 1.17. The Balaban J connectivity index is 0. The zero-order chi connectivity index (χ0) is 9.40. The van der Waals surface area contributed by atoms with Crippen molar-refractivity contribution in [2.75, 3.05) is 6.54 Å². The van der Waals surface area contributed by atoms with Crippen LogP contribution < -0.4 is 10.4 Å². The third kappa shape index (κ3) is 9.93. The van der Waals surface area contributed by atoms with Gasteiger partial charge >= 0.3 is 22.4 Å². The van der Waals surface area contributed by atoms with Gasteiger partial charge < -0.3 is 15.2 Å². The topological polar surface area (TPSA) is 52.2 Å². The third-order valence-electron chi connectivity index (χ3n) is 2.08. The quantitative estimate of drug-likeness (QED) is 0.742. The van der Waals surface area contributed by atoms with Crippen molar-refractivity contribution < 1.29 is 32.3 Å². The van der Waals surface area contributed by atoms with Crippen LogP contribution in [0, 0.1) is 5.92 Å². The van der Waals surface area contributed by atoms with Crippen LogP contribution in [0.3, 0.4) is 0 Å². The van der Waals surface area contributed by atoms with E-state index in [1.165, 1.54) is 12.8 Å². The fourth-order valence-electron chi connectivity index (χ4n) is 1.17. The molecule has 13 heavy (non-hydrogen) atoms. The maximum atomic E-state index is 10.1. The van der Waals surface area contributed by atoms with Crippen LogP contribution in [-0.4, -0.2) is 12.6 Å². The summed E-state index contributed by atoms with van der Waals surface area (Å²) in [4.78, 5) is 10.1. The number of unbranched alkanes of at least 4 members (excludes halogenated alkanes) is 1. The van der Waals surface area contributed by atoms with Crippen molar-refractivity contribution in [3.63, 3.8) is 0 Å². The van der Waals surface area contributed by atoms with E-state index < -0.39 is 6.09 Å². The SMILES string of the molecule is CCCCC(CC)CNC(=O)[O-].[Ag+]. The zero-order valence-electron chi connectivity index (χ0n) is 8.23. The van der Waals surface area contributed by atoms with Crippen LogP contribution in [0.2, 0.25) is 0 Å². The van der Waals surface area contributed by atoms with Crippen molar-refractivity contribution in [2.45, 2.75) is 39.5 Å². The Kier molecular flexibility index (Phi) is 12.0. The molecule has 0 saturated carbocycles. The molecule has 0 aromatic rings. The van der Waals surface area contributed by atoms with Gasteiger partial charge in [0, 0.05) is 6.54 Å². The molecule has 1 unspecified atom stereocenters. The van der Waals surface area contributed by atoms with Crippen LogP contribution in [0.4, 0.5) is 4.79 Å². The van der Waals surface area contributed by atoms with Gasteiger partial charge in [0.05, 0.1) is 0 Å². The van der Waals surface area contributed by atoms with E-state index in [0.717, 1.165) is 12.8 Å². The van der Waals surface area contributed by atoms with Crippen LogP contribution in [0.25, 0.3) is 0 Å². The van der Waals surface area contributed by atoms with Gasteiger partial charge in [-0.05, 0) is 12.3 Å². The molecule has 0 aliphatic heterocycles. The van der Waals surface area contributed by atoms with Gasteiger partial charge in [-0.2, -0.15) is 0 Å². The van der Waals surface area contributed by atoms with Crippen molar-refractivity contribution in [3.8, 4) is 0 Å². The van der Waals surface area contributed by atoms with Gasteiger partial charge in [-0.3, -0.25) is 0 Å². The smallest absolute Gasteiger partial charge is 0.530 e. The molecule has 0 aliphatic carbocycles. The van der Waals surface area contributed by atoms with E-state index in [1.54, 1.807) is 0 Å². The maximum Gasteiger partial charge on any atom is 1.00 e. The molecular weight excluding hydrogens is 262 g/mol. The summed E-state index contributed by atoms with van der Waals surface area (Å²) in [5.41, 5.74) is 0. The molecule has 0 fully saturated rings. The molecule has 0 aromatic carbocycles. The maximum absolute atomic E-state index is 10.1. The van der Waals surface area contributed by atoms with Crippen molar-refractivity contribution >= 4 is 6.09 Å². The number of carboxylic acid groups (broad SMARTS) is 1. The Morgan fingerprint density at radius 2 is 2.08 bits per heavy atom. The van der Waals surface area contributed by atoms with Crippen LogP contribution >= 0.6 is 0 Å². The summed E-state index contributed by atoms with van der Waals surface area (Å²) in [7, 11) is 0. The van der Waals surface area contributed by atoms with Crippen LogP contribution in [0.15, 0.2) is 0 Å².